The van der Waals surface area contributed by atoms with E-state index in [4.69, 9.17) is 9.47 Å². The topological polar surface area (TPSA) is 38.8 Å². The Morgan fingerprint density at radius 1 is 0.812 bits per heavy atom. The van der Waals surface area contributed by atoms with Crippen molar-refractivity contribution in [2.45, 2.75) is 51.4 Å². The van der Waals surface area contributed by atoms with Crippen molar-refractivity contribution in [1.82, 2.24) is 4.90 Å². The highest BCUT2D eigenvalue weighted by Crippen LogP contribution is 2.30. The van der Waals surface area contributed by atoms with Crippen LogP contribution in [0.25, 0.3) is 0 Å². The first-order chi connectivity index (χ1) is 15.7. The zero-order chi connectivity index (χ0) is 22.2. The van der Waals surface area contributed by atoms with Gasteiger partial charge in [-0.05, 0) is 36.1 Å². The lowest BCUT2D eigenvalue weighted by Crippen LogP contribution is -2.38. The number of benzene rings is 3. The second-order valence-electron chi connectivity index (χ2n) is 8.41. The molecule has 1 amide bonds. The number of hydrogen-bond donors (Lipinski definition) is 0. The molecule has 1 aliphatic rings. The first-order valence-corrected chi connectivity index (χ1v) is 11.5. The second-order valence-corrected chi connectivity index (χ2v) is 8.41. The van der Waals surface area contributed by atoms with Crippen molar-refractivity contribution in [2.24, 2.45) is 0 Å². The monoisotopic (exact) mass is 429 g/mol. The van der Waals surface area contributed by atoms with Gasteiger partial charge in [0.15, 0.2) is 0 Å². The molecule has 0 bridgehead atoms. The third kappa shape index (κ3) is 5.70. The van der Waals surface area contributed by atoms with Crippen molar-refractivity contribution < 1.29 is 14.3 Å². The molecule has 32 heavy (non-hydrogen) atoms. The minimum Gasteiger partial charge on any atom is -0.489 e. The van der Waals surface area contributed by atoms with Crippen LogP contribution in [-0.2, 0) is 13.2 Å². The number of carbonyl (C=O) groups is 1. The molecule has 0 N–H and O–H groups in total. The maximum absolute atomic E-state index is 13.4. The molecule has 0 atom stereocenters. The van der Waals surface area contributed by atoms with Crippen LogP contribution < -0.4 is 9.47 Å². The van der Waals surface area contributed by atoms with E-state index in [2.05, 4.69) is 0 Å². The molecule has 0 aliphatic heterocycles. The van der Waals surface area contributed by atoms with Crippen LogP contribution >= 0.6 is 0 Å². The summed E-state index contributed by atoms with van der Waals surface area (Å²) < 4.78 is 12.1. The Bertz CT molecular complexity index is 998. The summed E-state index contributed by atoms with van der Waals surface area (Å²) in [6, 6.07) is 25.9. The first kappa shape index (κ1) is 21.9. The quantitative estimate of drug-likeness (QED) is 0.425. The zero-order valence-corrected chi connectivity index (χ0v) is 18.7. The van der Waals surface area contributed by atoms with Crippen molar-refractivity contribution in [2.75, 3.05) is 7.05 Å². The van der Waals surface area contributed by atoms with Gasteiger partial charge in [0.2, 0.25) is 0 Å². The standard InChI is InChI=1S/C28H31NO3/c1-29(24-15-9-4-10-16-24)28(30)26-18-17-25(31-20-22-11-5-2-6-12-22)19-27(26)32-21-23-13-7-3-8-14-23/h2-3,5-8,11-14,17-19,24H,4,9-10,15-16,20-21H2,1H3. The van der Waals surface area contributed by atoms with E-state index in [1.807, 2.05) is 90.8 Å². The van der Waals surface area contributed by atoms with Crippen LogP contribution in [0.1, 0.15) is 53.6 Å². The molecule has 0 heterocycles. The molecular weight excluding hydrogens is 398 g/mol. The van der Waals surface area contributed by atoms with Crippen LogP contribution in [0, 0.1) is 0 Å². The minimum absolute atomic E-state index is 0.00886. The SMILES string of the molecule is CN(C(=O)c1ccc(OCc2ccccc2)cc1OCc1ccccc1)C1CCCCC1. The van der Waals surface area contributed by atoms with Gasteiger partial charge in [0, 0.05) is 19.2 Å². The van der Waals surface area contributed by atoms with Gasteiger partial charge in [0.25, 0.3) is 5.91 Å². The number of hydrogen-bond acceptors (Lipinski definition) is 3. The molecule has 0 spiro atoms. The van der Waals surface area contributed by atoms with Crippen molar-refractivity contribution in [3.8, 4) is 11.5 Å². The van der Waals surface area contributed by atoms with Crippen LogP contribution in [0.5, 0.6) is 11.5 Å². The Morgan fingerprint density at radius 2 is 1.41 bits per heavy atom. The van der Waals surface area contributed by atoms with E-state index < -0.39 is 0 Å². The summed E-state index contributed by atoms with van der Waals surface area (Å²) in [4.78, 5) is 15.3. The van der Waals surface area contributed by atoms with Gasteiger partial charge in [-0.25, -0.2) is 0 Å². The molecular formula is C28H31NO3. The van der Waals surface area contributed by atoms with Crippen molar-refractivity contribution >= 4 is 5.91 Å². The van der Waals surface area contributed by atoms with Crippen molar-refractivity contribution in [3.63, 3.8) is 0 Å². The number of nitrogens with zero attached hydrogens (tertiary/aromatic N) is 1. The van der Waals surface area contributed by atoms with Gasteiger partial charge in [0.1, 0.15) is 24.7 Å². The highest BCUT2D eigenvalue weighted by atomic mass is 16.5. The Hall–Kier alpha value is -3.27. The van der Waals surface area contributed by atoms with E-state index in [1.54, 1.807) is 0 Å². The summed E-state index contributed by atoms with van der Waals surface area (Å²) in [7, 11) is 1.92. The Balaban J connectivity index is 1.53. The Labute approximate surface area is 190 Å². The molecule has 0 aromatic heterocycles. The van der Waals surface area contributed by atoms with Gasteiger partial charge in [-0.3, -0.25) is 4.79 Å². The highest BCUT2D eigenvalue weighted by molar-refractivity contribution is 5.97. The average Bonchev–Trinajstić information content (AvgIpc) is 2.87. The molecule has 1 fully saturated rings. The molecule has 1 aliphatic carbocycles. The summed E-state index contributed by atoms with van der Waals surface area (Å²) in [6.45, 7) is 0.866. The number of carbonyl (C=O) groups excluding carboxylic acids is 1. The molecule has 4 rings (SSSR count). The van der Waals surface area contributed by atoms with Crippen molar-refractivity contribution in [1.29, 1.82) is 0 Å². The van der Waals surface area contributed by atoms with Gasteiger partial charge >= 0.3 is 0 Å². The lowest BCUT2D eigenvalue weighted by Gasteiger charge is -2.31. The van der Waals surface area contributed by atoms with Crippen LogP contribution in [0.15, 0.2) is 78.9 Å². The largest absolute Gasteiger partial charge is 0.489 e. The molecule has 1 saturated carbocycles. The smallest absolute Gasteiger partial charge is 0.257 e. The van der Waals surface area contributed by atoms with E-state index in [-0.39, 0.29) is 5.91 Å². The maximum atomic E-state index is 13.4. The fraction of sp³-hybridized carbons (Fsp3) is 0.321. The predicted octanol–water partition coefficient (Wildman–Crippen LogP) is 6.25. The van der Waals surface area contributed by atoms with Crippen LogP contribution in [0.2, 0.25) is 0 Å². The van der Waals surface area contributed by atoms with Gasteiger partial charge in [0.05, 0.1) is 5.56 Å². The molecule has 4 nitrogen and oxygen atoms in total. The van der Waals surface area contributed by atoms with Crippen molar-refractivity contribution in [3.05, 3.63) is 95.6 Å². The summed E-state index contributed by atoms with van der Waals surface area (Å²) in [6.07, 6.45) is 5.77. The zero-order valence-electron chi connectivity index (χ0n) is 18.7. The fourth-order valence-electron chi connectivity index (χ4n) is 4.19. The lowest BCUT2D eigenvalue weighted by atomic mass is 9.94. The summed E-state index contributed by atoms with van der Waals surface area (Å²) in [5.41, 5.74) is 2.74. The summed E-state index contributed by atoms with van der Waals surface area (Å²) in [5.74, 6) is 1.26. The Morgan fingerprint density at radius 3 is 2.03 bits per heavy atom. The van der Waals surface area contributed by atoms with Crippen LogP contribution in [-0.4, -0.2) is 23.9 Å². The third-order valence-corrected chi connectivity index (χ3v) is 6.11. The van der Waals surface area contributed by atoms with Gasteiger partial charge < -0.3 is 14.4 Å². The van der Waals surface area contributed by atoms with E-state index in [9.17, 15) is 4.79 Å². The summed E-state index contributed by atoms with van der Waals surface area (Å²) in [5, 5.41) is 0. The predicted molar refractivity (Wildman–Crippen MR) is 127 cm³/mol. The molecule has 4 heteroatoms. The summed E-state index contributed by atoms with van der Waals surface area (Å²) >= 11 is 0. The Kier molecular flexibility index (Phi) is 7.44. The second kappa shape index (κ2) is 10.9. The van der Waals surface area contributed by atoms with E-state index >= 15 is 0 Å². The maximum Gasteiger partial charge on any atom is 0.257 e. The number of rotatable bonds is 8. The minimum atomic E-state index is 0.00886. The van der Waals surface area contributed by atoms with Crippen LogP contribution in [0.3, 0.4) is 0 Å². The van der Waals surface area contributed by atoms with Gasteiger partial charge in [-0.15, -0.1) is 0 Å². The highest BCUT2D eigenvalue weighted by Gasteiger charge is 2.25. The first-order valence-electron chi connectivity index (χ1n) is 11.5. The molecule has 3 aromatic carbocycles. The molecule has 0 saturated heterocycles. The average molecular weight is 430 g/mol. The normalized spacial score (nSPS) is 14.0. The van der Waals surface area contributed by atoms with Gasteiger partial charge in [-0.2, -0.15) is 0 Å². The molecule has 0 unspecified atom stereocenters. The number of amides is 1. The number of ether oxygens (including phenoxy) is 2. The van der Waals surface area contributed by atoms with E-state index in [0.717, 1.165) is 24.0 Å². The fourth-order valence-corrected chi connectivity index (χ4v) is 4.19. The molecule has 3 aromatic rings. The van der Waals surface area contributed by atoms with Gasteiger partial charge in [-0.1, -0.05) is 79.9 Å². The van der Waals surface area contributed by atoms with E-state index in [1.165, 1.54) is 19.3 Å². The lowest BCUT2D eigenvalue weighted by molar-refractivity contribution is 0.0691. The van der Waals surface area contributed by atoms with E-state index in [0.29, 0.717) is 36.3 Å². The van der Waals surface area contributed by atoms with Crippen LogP contribution in [0.4, 0.5) is 0 Å². The third-order valence-electron chi connectivity index (χ3n) is 6.11. The molecule has 166 valence electrons. The molecule has 0 radical (unpaired) electrons.